The summed E-state index contributed by atoms with van der Waals surface area (Å²) >= 11 is 0. The van der Waals surface area contributed by atoms with Gasteiger partial charge in [0.05, 0.1) is 13.1 Å². The number of nitrogens with zero attached hydrogens (tertiary/aromatic N) is 1. The van der Waals surface area contributed by atoms with E-state index in [-0.39, 0.29) is 31.4 Å². The topological polar surface area (TPSA) is 75.4 Å². The summed E-state index contributed by atoms with van der Waals surface area (Å²) in [6.07, 6.45) is 0. The third-order valence-electron chi connectivity index (χ3n) is 2.49. The van der Waals surface area contributed by atoms with E-state index in [2.05, 4.69) is 5.32 Å². The Kier molecular flexibility index (Phi) is 3.06. The fourth-order valence-corrected chi connectivity index (χ4v) is 1.75. The SMILES string of the molecule is NCc1cc(F)cc(N2CC(=O)NC(=O)C2)c1. The van der Waals surface area contributed by atoms with Gasteiger partial charge in [0.15, 0.2) is 0 Å². The summed E-state index contributed by atoms with van der Waals surface area (Å²) in [7, 11) is 0. The molecule has 1 saturated heterocycles. The Labute approximate surface area is 97.4 Å². The minimum Gasteiger partial charge on any atom is -0.353 e. The van der Waals surface area contributed by atoms with Crippen molar-refractivity contribution in [2.75, 3.05) is 18.0 Å². The minimum absolute atomic E-state index is 0.0409. The molecule has 17 heavy (non-hydrogen) atoms. The number of anilines is 1. The predicted octanol–water partition coefficient (Wildman–Crippen LogP) is -0.253. The number of hydrogen-bond donors (Lipinski definition) is 2. The summed E-state index contributed by atoms with van der Waals surface area (Å²) in [6, 6.07) is 4.29. The molecule has 0 unspecified atom stereocenters. The molecule has 2 rings (SSSR count). The molecule has 2 amide bonds. The number of carbonyl (C=O) groups excluding carboxylic acids is 2. The number of hydrogen-bond acceptors (Lipinski definition) is 4. The molecule has 0 radical (unpaired) electrons. The molecule has 0 bridgehead atoms. The molecule has 1 aliphatic heterocycles. The standard InChI is InChI=1S/C11H12FN3O2/c12-8-1-7(4-13)2-9(3-8)15-5-10(16)14-11(17)6-15/h1-3H,4-6,13H2,(H,14,16,17). The molecule has 90 valence electrons. The lowest BCUT2D eigenvalue weighted by Crippen LogP contribution is -2.51. The zero-order valence-electron chi connectivity index (χ0n) is 9.07. The van der Waals surface area contributed by atoms with E-state index in [1.165, 1.54) is 17.0 Å². The monoisotopic (exact) mass is 237 g/mol. The van der Waals surface area contributed by atoms with Crippen LogP contribution in [-0.2, 0) is 16.1 Å². The number of carbonyl (C=O) groups is 2. The fourth-order valence-electron chi connectivity index (χ4n) is 1.75. The highest BCUT2D eigenvalue weighted by Crippen LogP contribution is 2.19. The molecule has 0 aromatic heterocycles. The lowest BCUT2D eigenvalue weighted by molar-refractivity contribution is -0.130. The van der Waals surface area contributed by atoms with E-state index in [4.69, 9.17) is 5.73 Å². The van der Waals surface area contributed by atoms with Crippen molar-refractivity contribution in [3.63, 3.8) is 0 Å². The van der Waals surface area contributed by atoms with Gasteiger partial charge in [-0.15, -0.1) is 0 Å². The molecular formula is C11H12FN3O2. The van der Waals surface area contributed by atoms with E-state index in [0.29, 0.717) is 11.3 Å². The van der Waals surface area contributed by atoms with Gasteiger partial charge in [-0.3, -0.25) is 14.9 Å². The second-order valence-electron chi connectivity index (χ2n) is 3.85. The van der Waals surface area contributed by atoms with Gasteiger partial charge < -0.3 is 10.6 Å². The van der Waals surface area contributed by atoms with E-state index in [0.717, 1.165) is 0 Å². The van der Waals surface area contributed by atoms with Crippen LogP contribution in [-0.4, -0.2) is 24.9 Å². The molecule has 6 heteroatoms. The van der Waals surface area contributed by atoms with Crippen LogP contribution in [0.2, 0.25) is 0 Å². The van der Waals surface area contributed by atoms with E-state index < -0.39 is 5.82 Å². The maximum atomic E-state index is 13.3. The van der Waals surface area contributed by atoms with Gasteiger partial charge in [0, 0.05) is 12.2 Å². The second kappa shape index (κ2) is 4.50. The average molecular weight is 237 g/mol. The third kappa shape index (κ3) is 2.59. The Morgan fingerprint density at radius 1 is 1.24 bits per heavy atom. The number of amides is 2. The Balaban J connectivity index is 2.29. The number of rotatable bonds is 2. The van der Waals surface area contributed by atoms with Gasteiger partial charge in [0.1, 0.15) is 5.82 Å². The summed E-state index contributed by atoms with van der Waals surface area (Å²) in [5.74, 6) is -1.21. The summed E-state index contributed by atoms with van der Waals surface area (Å²) in [4.78, 5) is 23.9. The molecule has 3 N–H and O–H groups in total. The highest BCUT2D eigenvalue weighted by Gasteiger charge is 2.23. The zero-order valence-corrected chi connectivity index (χ0v) is 9.07. The van der Waals surface area contributed by atoms with Crippen molar-refractivity contribution in [2.24, 2.45) is 5.73 Å². The molecule has 0 saturated carbocycles. The van der Waals surface area contributed by atoms with Crippen molar-refractivity contribution in [3.8, 4) is 0 Å². The summed E-state index contributed by atoms with van der Waals surface area (Å²) < 4.78 is 13.3. The molecule has 0 atom stereocenters. The second-order valence-corrected chi connectivity index (χ2v) is 3.85. The molecule has 1 fully saturated rings. The van der Waals surface area contributed by atoms with Gasteiger partial charge in [-0.25, -0.2) is 4.39 Å². The Morgan fingerprint density at radius 3 is 2.47 bits per heavy atom. The Hall–Kier alpha value is -1.95. The van der Waals surface area contributed by atoms with E-state index in [1.54, 1.807) is 6.07 Å². The van der Waals surface area contributed by atoms with Gasteiger partial charge in [0.2, 0.25) is 11.8 Å². The largest absolute Gasteiger partial charge is 0.353 e. The molecule has 1 aliphatic rings. The van der Waals surface area contributed by atoms with Gasteiger partial charge in [0.25, 0.3) is 0 Å². The molecule has 0 spiro atoms. The number of imide groups is 1. The summed E-state index contributed by atoms with van der Waals surface area (Å²) in [5.41, 5.74) is 6.56. The quantitative estimate of drug-likeness (QED) is 0.695. The van der Waals surface area contributed by atoms with Crippen LogP contribution >= 0.6 is 0 Å². The van der Waals surface area contributed by atoms with Gasteiger partial charge >= 0.3 is 0 Å². The maximum absolute atomic E-state index is 13.3. The molecule has 5 nitrogen and oxygen atoms in total. The Morgan fingerprint density at radius 2 is 1.88 bits per heavy atom. The van der Waals surface area contributed by atoms with Crippen LogP contribution in [0.5, 0.6) is 0 Å². The fraction of sp³-hybridized carbons (Fsp3) is 0.273. The average Bonchev–Trinajstić information content (AvgIpc) is 2.26. The number of nitrogens with two attached hydrogens (primary N) is 1. The van der Waals surface area contributed by atoms with Crippen molar-refractivity contribution in [3.05, 3.63) is 29.6 Å². The van der Waals surface area contributed by atoms with Crippen molar-refractivity contribution in [2.45, 2.75) is 6.54 Å². The van der Waals surface area contributed by atoms with Crippen molar-refractivity contribution in [1.29, 1.82) is 0 Å². The van der Waals surface area contributed by atoms with Crippen LogP contribution < -0.4 is 16.0 Å². The van der Waals surface area contributed by atoms with E-state index >= 15 is 0 Å². The van der Waals surface area contributed by atoms with Crippen molar-refractivity contribution >= 4 is 17.5 Å². The first-order valence-corrected chi connectivity index (χ1v) is 5.15. The highest BCUT2D eigenvalue weighted by molar-refractivity contribution is 6.02. The number of halogens is 1. The van der Waals surface area contributed by atoms with Gasteiger partial charge in [-0.1, -0.05) is 0 Å². The van der Waals surface area contributed by atoms with Crippen molar-refractivity contribution in [1.82, 2.24) is 5.32 Å². The maximum Gasteiger partial charge on any atom is 0.246 e. The van der Waals surface area contributed by atoms with Crippen LogP contribution in [0.1, 0.15) is 5.56 Å². The number of nitrogens with one attached hydrogen (secondary N) is 1. The highest BCUT2D eigenvalue weighted by atomic mass is 19.1. The van der Waals surface area contributed by atoms with Crippen LogP contribution in [0.25, 0.3) is 0 Å². The van der Waals surface area contributed by atoms with Gasteiger partial charge in [-0.05, 0) is 23.8 Å². The molecule has 1 aromatic rings. The number of piperazine rings is 1. The van der Waals surface area contributed by atoms with E-state index in [1.807, 2.05) is 0 Å². The van der Waals surface area contributed by atoms with Crippen molar-refractivity contribution < 1.29 is 14.0 Å². The molecule has 1 aromatic carbocycles. The Bertz CT molecular complexity index is 460. The smallest absolute Gasteiger partial charge is 0.246 e. The van der Waals surface area contributed by atoms with Crippen LogP contribution in [0.15, 0.2) is 18.2 Å². The lowest BCUT2D eigenvalue weighted by Gasteiger charge is -2.27. The first-order chi connectivity index (χ1) is 8.08. The third-order valence-corrected chi connectivity index (χ3v) is 2.49. The summed E-state index contributed by atoms with van der Waals surface area (Å²) in [6.45, 7) is 0.289. The van der Waals surface area contributed by atoms with Crippen LogP contribution in [0.3, 0.4) is 0 Å². The van der Waals surface area contributed by atoms with Gasteiger partial charge in [-0.2, -0.15) is 0 Å². The molecule has 0 aliphatic carbocycles. The van der Waals surface area contributed by atoms with Crippen LogP contribution in [0, 0.1) is 5.82 Å². The molecular weight excluding hydrogens is 225 g/mol. The lowest BCUT2D eigenvalue weighted by atomic mass is 10.1. The van der Waals surface area contributed by atoms with E-state index in [9.17, 15) is 14.0 Å². The first-order valence-electron chi connectivity index (χ1n) is 5.15. The minimum atomic E-state index is -0.429. The predicted molar refractivity (Wildman–Crippen MR) is 59.7 cm³/mol. The molecule has 1 heterocycles. The van der Waals surface area contributed by atoms with Crippen LogP contribution in [0.4, 0.5) is 10.1 Å². The first kappa shape index (κ1) is 11.5. The number of benzene rings is 1. The normalized spacial score (nSPS) is 16.0. The summed E-state index contributed by atoms with van der Waals surface area (Å²) in [5, 5.41) is 2.18. The zero-order chi connectivity index (χ0) is 12.4.